The molecule has 34 heavy (non-hydrogen) atoms. The van der Waals surface area contributed by atoms with Crippen LogP contribution in [0.1, 0.15) is 23.1 Å². The summed E-state index contributed by atoms with van der Waals surface area (Å²) in [5.74, 6) is -0.633. The second-order valence-electron chi connectivity index (χ2n) is 8.57. The summed E-state index contributed by atoms with van der Waals surface area (Å²) in [6.45, 7) is 0.448. The second kappa shape index (κ2) is 8.49. The van der Waals surface area contributed by atoms with Gasteiger partial charge in [0.15, 0.2) is 0 Å². The number of carbonyl (C=O) groups excluding carboxylic acids is 1. The van der Waals surface area contributed by atoms with Gasteiger partial charge in [0.05, 0.1) is 24.2 Å². The Morgan fingerprint density at radius 2 is 2.12 bits per heavy atom. The van der Waals surface area contributed by atoms with E-state index < -0.39 is 5.97 Å². The summed E-state index contributed by atoms with van der Waals surface area (Å²) in [5, 5.41) is 21.1. The normalized spacial score (nSPS) is 19.9. The van der Waals surface area contributed by atoms with Crippen LogP contribution in [0.3, 0.4) is 0 Å². The monoisotopic (exact) mass is 451 g/mol. The maximum Gasteiger partial charge on any atom is 0.327 e. The van der Waals surface area contributed by atoms with E-state index in [0.29, 0.717) is 30.7 Å². The summed E-state index contributed by atoms with van der Waals surface area (Å²) in [6.07, 6.45) is 7.11. The molecule has 0 radical (unpaired) electrons. The maximum atomic E-state index is 13.3. The van der Waals surface area contributed by atoms with Gasteiger partial charge in [-0.25, -0.2) is 4.79 Å². The maximum absolute atomic E-state index is 13.3. The van der Waals surface area contributed by atoms with Gasteiger partial charge >= 0.3 is 5.97 Å². The lowest BCUT2D eigenvalue weighted by Crippen LogP contribution is -2.22. The summed E-state index contributed by atoms with van der Waals surface area (Å²) in [5.41, 5.74) is 4.37. The molecule has 168 valence electrons. The fourth-order valence-corrected chi connectivity index (χ4v) is 4.60. The highest BCUT2D eigenvalue weighted by molar-refractivity contribution is 5.97. The minimum absolute atomic E-state index is 0.137. The summed E-state index contributed by atoms with van der Waals surface area (Å²) < 4.78 is 5.93. The second-order valence-corrected chi connectivity index (χ2v) is 8.57. The topological polar surface area (TPSA) is 112 Å². The van der Waals surface area contributed by atoms with E-state index in [1.807, 2.05) is 30.5 Å². The van der Waals surface area contributed by atoms with Crippen LogP contribution in [0.2, 0.25) is 0 Å². The van der Waals surface area contributed by atoms with Gasteiger partial charge in [-0.15, -0.1) is 0 Å². The van der Waals surface area contributed by atoms with Crippen molar-refractivity contribution < 1.29 is 19.4 Å². The van der Waals surface area contributed by atoms with Crippen molar-refractivity contribution in [2.45, 2.75) is 18.3 Å². The van der Waals surface area contributed by atoms with Gasteiger partial charge in [0, 0.05) is 40.7 Å². The van der Waals surface area contributed by atoms with Crippen molar-refractivity contribution in [2.24, 2.45) is 5.92 Å². The van der Waals surface area contributed by atoms with Gasteiger partial charge in [-0.3, -0.25) is 9.78 Å². The van der Waals surface area contributed by atoms with Crippen LogP contribution < -0.4 is 10.1 Å². The van der Waals surface area contributed by atoms with Crippen LogP contribution in [0.4, 0.5) is 5.69 Å². The van der Waals surface area contributed by atoms with Crippen LogP contribution in [-0.4, -0.2) is 28.6 Å². The molecule has 1 aliphatic heterocycles. The number of allylic oxidation sites excluding steroid dienone is 1. The Kier molecular flexibility index (Phi) is 5.34. The van der Waals surface area contributed by atoms with E-state index in [9.17, 15) is 14.9 Å². The number of rotatable bonds is 6. The van der Waals surface area contributed by atoms with E-state index in [1.165, 1.54) is 6.08 Å². The number of ether oxygens (including phenoxy) is 1. The molecule has 0 saturated heterocycles. The summed E-state index contributed by atoms with van der Waals surface area (Å²) in [6, 6.07) is 17.0. The third kappa shape index (κ3) is 3.90. The molecule has 2 aromatic carbocycles. The number of hydrogen-bond acceptors (Lipinski definition) is 5. The van der Waals surface area contributed by atoms with E-state index in [-0.39, 0.29) is 17.2 Å². The zero-order valence-corrected chi connectivity index (χ0v) is 18.2. The third-order valence-electron chi connectivity index (χ3n) is 6.48. The average molecular weight is 451 g/mol. The first-order chi connectivity index (χ1) is 16.5. The molecule has 2 aliphatic rings. The van der Waals surface area contributed by atoms with E-state index in [2.05, 4.69) is 22.4 Å². The minimum atomic E-state index is -1.04. The van der Waals surface area contributed by atoms with E-state index in [0.717, 1.165) is 34.1 Å². The molecule has 0 bridgehead atoms. The van der Waals surface area contributed by atoms with Crippen LogP contribution >= 0.6 is 0 Å². The van der Waals surface area contributed by atoms with Crippen LogP contribution in [0.5, 0.6) is 5.75 Å². The number of carboxylic acids is 1. The predicted octanol–water partition coefficient (Wildman–Crippen LogP) is 4.09. The molecule has 1 spiro atoms. The first-order valence-electron chi connectivity index (χ1n) is 10.9. The number of aromatic nitrogens is 1. The number of carbonyl (C=O) groups is 2. The fraction of sp³-hybridized carbons (Fsp3) is 0.185. The molecule has 7 heteroatoms. The number of carboxylic acid groups (broad SMARTS) is 1. The number of amides is 1. The van der Waals surface area contributed by atoms with E-state index in [4.69, 9.17) is 9.84 Å². The molecule has 1 aromatic heterocycles. The van der Waals surface area contributed by atoms with Gasteiger partial charge in [0.1, 0.15) is 5.75 Å². The smallest absolute Gasteiger partial charge is 0.327 e. The summed E-state index contributed by atoms with van der Waals surface area (Å²) in [4.78, 5) is 28.3. The predicted molar refractivity (Wildman–Crippen MR) is 125 cm³/mol. The minimum Gasteiger partial charge on any atom is -0.492 e. The molecule has 1 aliphatic carbocycles. The molecule has 1 amide bonds. The van der Waals surface area contributed by atoms with Crippen LogP contribution in [0.15, 0.2) is 73.1 Å². The highest BCUT2D eigenvalue weighted by Gasteiger charge is 2.63. The first kappa shape index (κ1) is 21.4. The fourth-order valence-electron chi connectivity index (χ4n) is 4.60. The molecule has 2 atom stereocenters. The lowest BCUT2D eigenvalue weighted by atomic mass is 9.92. The number of hydrogen-bond donors (Lipinski definition) is 2. The molecular formula is C27H21N3O4. The molecular weight excluding hydrogens is 430 g/mol. The molecule has 0 unspecified atom stereocenters. The summed E-state index contributed by atoms with van der Waals surface area (Å²) >= 11 is 0. The van der Waals surface area contributed by atoms with Crippen molar-refractivity contribution in [3.63, 3.8) is 0 Å². The number of aliphatic carboxylic acids is 1. The number of pyridine rings is 1. The Balaban J connectivity index is 1.38. The van der Waals surface area contributed by atoms with Gasteiger partial charge in [0.25, 0.3) is 0 Å². The largest absolute Gasteiger partial charge is 0.492 e. The van der Waals surface area contributed by atoms with E-state index >= 15 is 0 Å². The average Bonchev–Trinajstić information content (AvgIpc) is 3.48. The molecule has 1 saturated carbocycles. The number of nitriles is 1. The molecule has 1 fully saturated rings. The Labute approximate surface area is 196 Å². The molecule has 5 rings (SSSR count). The van der Waals surface area contributed by atoms with Gasteiger partial charge in [-0.05, 0) is 54.3 Å². The Bertz CT molecular complexity index is 1360. The van der Waals surface area contributed by atoms with Gasteiger partial charge in [0.2, 0.25) is 5.91 Å². The van der Waals surface area contributed by atoms with Crippen LogP contribution in [0.25, 0.3) is 11.1 Å². The van der Waals surface area contributed by atoms with Gasteiger partial charge < -0.3 is 15.2 Å². The zero-order chi connectivity index (χ0) is 23.7. The van der Waals surface area contributed by atoms with Crippen molar-refractivity contribution in [3.8, 4) is 22.9 Å². The molecule has 7 nitrogen and oxygen atoms in total. The number of fused-ring (bicyclic) bond motifs is 2. The lowest BCUT2D eigenvalue weighted by Gasteiger charge is -2.13. The highest BCUT2D eigenvalue weighted by atomic mass is 16.5. The van der Waals surface area contributed by atoms with Gasteiger partial charge in [-0.1, -0.05) is 24.3 Å². The van der Waals surface area contributed by atoms with Crippen molar-refractivity contribution in [2.75, 3.05) is 11.9 Å². The molecule has 3 aromatic rings. The van der Waals surface area contributed by atoms with E-state index in [1.54, 1.807) is 24.4 Å². The van der Waals surface area contributed by atoms with Crippen molar-refractivity contribution >= 4 is 17.6 Å². The first-order valence-corrected chi connectivity index (χ1v) is 10.9. The Hall–Kier alpha value is -4.44. The lowest BCUT2D eigenvalue weighted by molar-refractivity contribution is -0.131. The Morgan fingerprint density at radius 3 is 2.88 bits per heavy atom. The SMILES string of the molecule is N#Cc1ccc(CC=CC(=O)O)c(NC(=O)[C@@H]2C[C@]23COc2ccc(-c4cccnc4)cc23)c1. The zero-order valence-electron chi connectivity index (χ0n) is 18.2. The summed E-state index contributed by atoms with van der Waals surface area (Å²) in [7, 11) is 0. The van der Waals surface area contributed by atoms with Gasteiger partial charge in [-0.2, -0.15) is 5.26 Å². The van der Waals surface area contributed by atoms with Crippen molar-refractivity contribution in [1.82, 2.24) is 4.98 Å². The molecule has 2 heterocycles. The number of benzene rings is 2. The highest BCUT2D eigenvalue weighted by Crippen LogP contribution is 2.60. The number of anilines is 1. The van der Waals surface area contributed by atoms with Crippen molar-refractivity contribution in [1.29, 1.82) is 5.26 Å². The Morgan fingerprint density at radius 1 is 1.24 bits per heavy atom. The quantitative estimate of drug-likeness (QED) is 0.546. The third-order valence-corrected chi connectivity index (χ3v) is 6.48. The number of nitrogens with zero attached hydrogens (tertiary/aromatic N) is 2. The van der Waals surface area contributed by atoms with Crippen LogP contribution in [-0.2, 0) is 21.4 Å². The molecule has 2 N–H and O–H groups in total. The standard InChI is InChI=1S/C27H21N3O4/c28-14-17-6-7-18(3-1-5-25(31)32)23(11-17)30-26(33)22-13-27(22)16-34-24-9-8-19(12-21(24)27)20-4-2-10-29-15-20/h1-2,4-12,15,22H,3,13,16H2,(H,30,33)(H,31,32)/t22-,27+/m0/s1. The van der Waals surface area contributed by atoms with Crippen molar-refractivity contribution in [3.05, 3.63) is 89.8 Å². The number of nitrogens with one attached hydrogen (secondary N) is 1. The van der Waals surface area contributed by atoms with Crippen LogP contribution in [0, 0.1) is 17.2 Å².